The smallest absolute Gasteiger partial charge is 0.306 e. The van der Waals surface area contributed by atoms with Gasteiger partial charge in [0.2, 0.25) is 0 Å². The first-order valence-corrected chi connectivity index (χ1v) is 34.0. The van der Waals surface area contributed by atoms with Gasteiger partial charge in [0.15, 0.2) is 6.10 Å². The van der Waals surface area contributed by atoms with E-state index in [0.29, 0.717) is 19.3 Å². The van der Waals surface area contributed by atoms with E-state index in [-0.39, 0.29) is 37.5 Å². The summed E-state index contributed by atoms with van der Waals surface area (Å²) in [6.07, 6.45) is 95.1. The fourth-order valence-electron chi connectivity index (χ4n) is 9.33. The van der Waals surface area contributed by atoms with E-state index >= 15 is 0 Å². The zero-order chi connectivity index (χ0) is 58.5. The molecule has 0 aliphatic rings. The molecule has 0 saturated carbocycles. The maximum absolute atomic E-state index is 12.9. The van der Waals surface area contributed by atoms with E-state index in [4.69, 9.17) is 14.2 Å². The fourth-order valence-corrected chi connectivity index (χ4v) is 9.33. The van der Waals surface area contributed by atoms with E-state index < -0.39 is 6.10 Å². The van der Waals surface area contributed by atoms with Crippen LogP contribution in [0, 0.1) is 0 Å². The van der Waals surface area contributed by atoms with Crippen molar-refractivity contribution >= 4 is 17.9 Å². The molecule has 0 aliphatic carbocycles. The van der Waals surface area contributed by atoms with Gasteiger partial charge in [0.1, 0.15) is 13.2 Å². The van der Waals surface area contributed by atoms with Crippen LogP contribution in [0.5, 0.6) is 0 Å². The molecular formula is C75H126O6. The average molecular weight is 1120 g/mol. The molecule has 6 nitrogen and oxygen atoms in total. The van der Waals surface area contributed by atoms with Gasteiger partial charge in [0, 0.05) is 19.3 Å². The molecule has 1 atom stereocenters. The molecular weight excluding hydrogens is 997 g/mol. The van der Waals surface area contributed by atoms with E-state index in [9.17, 15) is 14.4 Å². The summed E-state index contributed by atoms with van der Waals surface area (Å²) in [5, 5.41) is 0. The Hall–Kier alpha value is -4.19. The Morgan fingerprint density at radius 2 is 0.481 bits per heavy atom. The van der Waals surface area contributed by atoms with Crippen LogP contribution >= 0.6 is 0 Å². The van der Waals surface area contributed by atoms with Crippen molar-refractivity contribution in [2.75, 3.05) is 13.2 Å². The Kier molecular flexibility index (Phi) is 64.8. The Morgan fingerprint density at radius 1 is 0.259 bits per heavy atom. The highest BCUT2D eigenvalue weighted by atomic mass is 16.6. The van der Waals surface area contributed by atoms with E-state index in [1.54, 1.807) is 0 Å². The molecule has 0 aromatic heterocycles. The number of esters is 3. The van der Waals surface area contributed by atoms with Crippen molar-refractivity contribution in [3.8, 4) is 0 Å². The van der Waals surface area contributed by atoms with Gasteiger partial charge in [-0.2, -0.15) is 0 Å². The lowest BCUT2D eigenvalue weighted by molar-refractivity contribution is -0.167. The molecule has 0 saturated heterocycles. The monoisotopic (exact) mass is 1120 g/mol. The zero-order valence-electron chi connectivity index (χ0n) is 53.0. The highest BCUT2D eigenvalue weighted by molar-refractivity contribution is 5.71. The van der Waals surface area contributed by atoms with Gasteiger partial charge in [-0.3, -0.25) is 14.4 Å². The van der Waals surface area contributed by atoms with Gasteiger partial charge in [-0.1, -0.05) is 284 Å². The van der Waals surface area contributed by atoms with Gasteiger partial charge >= 0.3 is 17.9 Å². The first-order valence-electron chi connectivity index (χ1n) is 34.0. The van der Waals surface area contributed by atoms with Gasteiger partial charge in [0.25, 0.3) is 0 Å². The molecule has 0 fully saturated rings. The first-order chi connectivity index (χ1) is 40.0. The number of allylic oxidation sites excluding steroid dienone is 20. The quantitative estimate of drug-likeness (QED) is 0.0261. The number of hydrogen-bond acceptors (Lipinski definition) is 6. The van der Waals surface area contributed by atoms with Crippen molar-refractivity contribution in [3.05, 3.63) is 122 Å². The highest BCUT2D eigenvalue weighted by Crippen LogP contribution is 2.16. The zero-order valence-corrected chi connectivity index (χ0v) is 53.0. The van der Waals surface area contributed by atoms with E-state index in [1.165, 1.54) is 154 Å². The summed E-state index contributed by atoms with van der Waals surface area (Å²) in [7, 11) is 0. The van der Waals surface area contributed by atoms with Gasteiger partial charge < -0.3 is 14.2 Å². The molecule has 462 valence electrons. The largest absolute Gasteiger partial charge is 0.462 e. The lowest BCUT2D eigenvalue weighted by Crippen LogP contribution is -2.30. The molecule has 0 radical (unpaired) electrons. The van der Waals surface area contributed by atoms with Crippen molar-refractivity contribution in [3.63, 3.8) is 0 Å². The summed E-state index contributed by atoms with van der Waals surface area (Å²) in [6, 6.07) is 0. The van der Waals surface area contributed by atoms with E-state index in [0.717, 1.165) is 116 Å². The number of carbonyl (C=O) groups is 3. The topological polar surface area (TPSA) is 78.9 Å². The molecule has 1 unspecified atom stereocenters. The standard InChI is InChI=1S/C75H126O6/c1-4-7-10-13-16-19-22-25-27-29-31-33-34-35-36-37-38-39-40-42-43-45-47-50-53-56-59-62-65-68-74(77)80-71-72(70-79-73(76)67-64-61-58-55-52-49-24-21-18-15-12-9-6-3)81-75(78)69-66-63-60-57-54-51-48-46-44-41-32-30-28-26-23-20-17-14-11-8-5-2/h8,11,17,20-22,24-26,28-29,31-32,34-35,41,46,48,54,57,72H,4-7,9-10,12-16,18-19,23,27,30,33,36-40,42-45,47,49-53,55-56,58-71H2,1-3H3/b11-8-,20-17-,24-21-,25-22-,28-26-,31-29-,35-34-,41-32-,48-46-,57-54-. The number of ether oxygens (including phenoxy) is 3. The molecule has 81 heavy (non-hydrogen) atoms. The molecule has 0 aliphatic heterocycles. The molecule has 0 N–H and O–H groups in total. The van der Waals surface area contributed by atoms with Crippen molar-refractivity contribution in [1.82, 2.24) is 0 Å². The minimum Gasteiger partial charge on any atom is -0.462 e. The number of hydrogen-bond donors (Lipinski definition) is 0. The van der Waals surface area contributed by atoms with Gasteiger partial charge in [-0.15, -0.1) is 0 Å². The van der Waals surface area contributed by atoms with Crippen molar-refractivity contribution in [1.29, 1.82) is 0 Å². The minimum atomic E-state index is -0.809. The van der Waals surface area contributed by atoms with Crippen LogP contribution < -0.4 is 0 Å². The molecule has 0 rings (SSSR count). The second-order valence-corrected chi connectivity index (χ2v) is 22.3. The third kappa shape index (κ3) is 66.5. The molecule has 0 bridgehead atoms. The van der Waals surface area contributed by atoms with Crippen LogP contribution in [0.3, 0.4) is 0 Å². The maximum Gasteiger partial charge on any atom is 0.306 e. The summed E-state index contributed by atoms with van der Waals surface area (Å²) in [4.78, 5) is 38.3. The van der Waals surface area contributed by atoms with Crippen LogP contribution in [0.1, 0.15) is 316 Å². The first kappa shape index (κ1) is 76.8. The Bertz CT molecular complexity index is 1670. The second-order valence-electron chi connectivity index (χ2n) is 22.3. The summed E-state index contributed by atoms with van der Waals surface area (Å²) in [5.74, 6) is -0.947. The lowest BCUT2D eigenvalue weighted by Gasteiger charge is -2.18. The van der Waals surface area contributed by atoms with E-state index in [1.807, 2.05) is 0 Å². The molecule has 0 aromatic rings. The summed E-state index contributed by atoms with van der Waals surface area (Å²) in [6.45, 7) is 6.48. The van der Waals surface area contributed by atoms with Gasteiger partial charge in [-0.05, 0) is 135 Å². The number of unbranched alkanes of at least 4 members (excludes halogenated alkanes) is 30. The van der Waals surface area contributed by atoms with Gasteiger partial charge in [0.05, 0.1) is 0 Å². The highest BCUT2D eigenvalue weighted by Gasteiger charge is 2.19. The van der Waals surface area contributed by atoms with Crippen LogP contribution in [0.15, 0.2) is 122 Å². The second kappa shape index (κ2) is 68.3. The van der Waals surface area contributed by atoms with Crippen LogP contribution in [0.2, 0.25) is 0 Å². The van der Waals surface area contributed by atoms with E-state index in [2.05, 4.69) is 142 Å². The maximum atomic E-state index is 12.9. The SMILES string of the molecule is CC/C=C\C/C=C\C/C=C\C/C=C\C/C=C\C/C=C\CCCCC(=O)OC(COC(=O)CCCCCCC/C=C\CCCCCC)COC(=O)CCCCCCCCCCCCCCCC/C=C\C/C=C\C/C=C\CCCCCCC. The predicted molar refractivity (Wildman–Crippen MR) is 353 cm³/mol. The average Bonchev–Trinajstić information content (AvgIpc) is 3.46. The minimum absolute atomic E-state index is 0.0997. The van der Waals surface area contributed by atoms with Crippen molar-refractivity contribution in [2.45, 2.75) is 322 Å². The third-order valence-electron chi connectivity index (χ3n) is 14.4. The van der Waals surface area contributed by atoms with Crippen LogP contribution in [-0.4, -0.2) is 37.2 Å². The Balaban J connectivity index is 4.34. The van der Waals surface area contributed by atoms with Crippen LogP contribution in [0.25, 0.3) is 0 Å². The molecule has 0 aromatic carbocycles. The summed E-state index contributed by atoms with van der Waals surface area (Å²) >= 11 is 0. The fraction of sp³-hybridized carbons (Fsp3) is 0.693. The van der Waals surface area contributed by atoms with Crippen LogP contribution in [0.4, 0.5) is 0 Å². The van der Waals surface area contributed by atoms with Crippen LogP contribution in [-0.2, 0) is 28.6 Å². The summed E-state index contributed by atoms with van der Waals surface area (Å²) < 4.78 is 16.9. The third-order valence-corrected chi connectivity index (χ3v) is 14.4. The number of rotatable bonds is 61. The predicted octanol–water partition coefficient (Wildman–Crippen LogP) is 23.6. The Labute approximate surface area is 501 Å². The van der Waals surface area contributed by atoms with Gasteiger partial charge in [-0.25, -0.2) is 0 Å². The normalized spacial score (nSPS) is 12.9. The molecule has 0 spiro atoms. The van der Waals surface area contributed by atoms with Crippen molar-refractivity contribution < 1.29 is 28.6 Å². The summed E-state index contributed by atoms with van der Waals surface area (Å²) in [5.41, 5.74) is 0. The molecule has 6 heteroatoms. The molecule has 0 amide bonds. The number of carbonyl (C=O) groups excluding carboxylic acids is 3. The lowest BCUT2D eigenvalue weighted by atomic mass is 10.0. The van der Waals surface area contributed by atoms with Crippen molar-refractivity contribution in [2.24, 2.45) is 0 Å². The molecule has 0 heterocycles. The Morgan fingerprint density at radius 3 is 0.802 bits per heavy atom.